The largest absolute Gasteiger partial charge is 0.277 e. The molecule has 0 radical (unpaired) electrons. The lowest BCUT2D eigenvalue weighted by Gasteiger charge is -2.19. The fourth-order valence-corrected chi connectivity index (χ4v) is 5.84. The first-order chi connectivity index (χ1) is 11.2. The van der Waals surface area contributed by atoms with Crippen LogP contribution in [0.2, 0.25) is 5.02 Å². The molecule has 132 valence electrons. The maximum Gasteiger partial charge on any atom is 0.271 e. The molecule has 6 nitrogen and oxygen atoms in total. The molecule has 0 fully saturated rings. The predicted molar refractivity (Wildman–Crippen MR) is 96.7 cm³/mol. The summed E-state index contributed by atoms with van der Waals surface area (Å²) < 4.78 is 53.5. The molecule has 0 saturated heterocycles. The van der Waals surface area contributed by atoms with Gasteiger partial charge in [0.15, 0.2) is 0 Å². The van der Waals surface area contributed by atoms with Gasteiger partial charge in [0.05, 0.1) is 15.6 Å². The topological polar surface area (TPSA) is 83.6 Å². The highest BCUT2D eigenvalue weighted by atomic mass is 35.5. The van der Waals surface area contributed by atoms with Crippen LogP contribution in [0.15, 0.2) is 44.8 Å². The molecule has 1 aromatic heterocycles. The van der Waals surface area contributed by atoms with Crippen molar-refractivity contribution < 1.29 is 16.8 Å². The van der Waals surface area contributed by atoms with E-state index in [0.717, 1.165) is 11.3 Å². The highest BCUT2D eigenvalue weighted by molar-refractivity contribution is 7.94. The van der Waals surface area contributed by atoms with E-state index in [2.05, 4.69) is 4.72 Å². The zero-order valence-corrected chi connectivity index (χ0v) is 16.3. The van der Waals surface area contributed by atoms with Crippen LogP contribution >= 0.6 is 22.9 Å². The molecule has 2 rings (SSSR count). The minimum atomic E-state index is -3.81. The number of nitrogens with one attached hydrogen (secondary N) is 1. The summed E-state index contributed by atoms with van der Waals surface area (Å²) in [6, 6.07) is 7.03. The summed E-state index contributed by atoms with van der Waals surface area (Å²) >= 11 is 7.09. The monoisotopic (exact) mass is 408 g/mol. The van der Waals surface area contributed by atoms with Gasteiger partial charge in [-0.2, -0.15) is 4.31 Å². The van der Waals surface area contributed by atoms with Gasteiger partial charge in [-0.15, -0.1) is 11.3 Å². The molecule has 2 aromatic rings. The number of thiophene rings is 1. The Morgan fingerprint density at radius 3 is 2.33 bits per heavy atom. The Morgan fingerprint density at radius 1 is 1.12 bits per heavy atom. The van der Waals surface area contributed by atoms with Crippen LogP contribution in [-0.4, -0.2) is 34.2 Å². The summed E-state index contributed by atoms with van der Waals surface area (Å²) in [6.45, 7) is 4.10. The Bertz CT molecular complexity index is 906. The van der Waals surface area contributed by atoms with Crippen LogP contribution in [0.4, 0.5) is 5.69 Å². The molecule has 1 N–H and O–H groups in total. The number of benzene rings is 1. The molecule has 10 heteroatoms. The highest BCUT2D eigenvalue weighted by Crippen LogP contribution is 2.29. The van der Waals surface area contributed by atoms with Gasteiger partial charge < -0.3 is 0 Å². The number of hydrogen-bond donors (Lipinski definition) is 1. The van der Waals surface area contributed by atoms with Gasteiger partial charge in [0.2, 0.25) is 10.0 Å². The van der Waals surface area contributed by atoms with E-state index < -0.39 is 20.0 Å². The lowest BCUT2D eigenvalue weighted by Crippen LogP contribution is -2.30. The smallest absolute Gasteiger partial charge is 0.271 e. The van der Waals surface area contributed by atoms with Gasteiger partial charge in [-0.3, -0.25) is 4.72 Å². The lowest BCUT2D eigenvalue weighted by molar-refractivity contribution is 0.445. The van der Waals surface area contributed by atoms with Gasteiger partial charge >= 0.3 is 0 Å². The first kappa shape index (κ1) is 19.2. The summed E-state index contributed by atoms with van der Waals surface area (Å²) in [5.41, 5.74) is 0.0262. The number of nitrogens with zero attached hydrogens (tertiary/aromatic N) is 1. The predicted octanol–water partition coefficient (Wildman–Crippen LogP) is 3.23. The first-order valence-corrected chi connectivity index (χ1v) is 11.3. The Morgan fingerprint density at radius 2 is 1.79 bits per heavy atom. The standard InChI is InChI=1S/C14H17ClN2O4S3/c1-3-17(4-2)24(20,21)11-7-8-12(15)13(10-11)16-23(18,19)14-6-5-9-22-14/h5-10,16H,3-4H2,1-2H3. The van der Waals surface area contributed by atoms with Crippen molar-refractivity contribution in [1.29, 1.82) is 0 Å². The first-order valence-electron chi connectivity index (χ1n) is 7.08. The summed E-state index contributed by atoms with van der Waals surface area (Å²) in [7, 11) is -7.52. The summed E-state index contributed by atoms with van der Waals surface area (Å²) in [4.78, 5) is -0.0144. The quantitative estimate of drug-likeness (QED) is 0.762. The second-order valence-corrected chi connectivity index (χ2v) is 9.97. The van der Waals surface area contributed by atoms with E-state index in [1.165, 1.54) is 28.6 Å². The minimum absolute atomic E-state index is 0.0144. The molecule has 1 heterocycles. The van der Waals surface area contributed by atoms with Crippen LogP contribution in [0, 0.1) is 0 Å². The third-order valence-corrected chi connectivity index (χ3v) is 8.42. The maximum atomic E-state index is 12.6. The number of rotatable bonds is 7. The maximum absolute atomic E-state index is 12.6. The summed E-state index contributed by atoms with van der Waals surface area (Å²) in [6.07, 6.45) is 0. The van der Waals surface area contributed by atoms with Gasteiger partial charge in [0.1, 0.15) is 4.21 Å². The molecule has 0 saturated carbocycles. The molecule has 0 spiro atoms. The number of hydrogen-bond acceptors (Lipinski definition) is 5. The van der Waals surface area contributed by atoms with E-state index in [0.29, 0.717) is 13.1 Å². The third kappa shape index (κ3) is 3.92. The van der Waals surface area contributed by atoms with Crippen LogP contribution in [0.25, 0.3) is 0 Å². The molecule has 0 bridgehead atoms. The zero-order chi connectivity index (χ0) is 18.0. The van der Waals surface area contributed by atoms with Crippen LogP contribution in [0.5, 0.6) is 0 Å². The lowest BCUT2D eigenvalue weighted by atomic mass is 10.3. The normalized spacial score (nSPS) is 12.5. The van der Waals surface area contributed by atoms with E-state index in [1.807, 2.05) is 0 Å². The van der Waals surface area contributed by atoms with E-state index >= 15 is 0 Å². The van der Waals surface area contributed by atoms with Crippen molar-refractivity contribution in [3.05, 3.63) is 40.7 Å². The second-order valence-electron chi connectivity index (χ2n) is 4.77. The van der Waals surface area contributed by atoms with Crippen molar-refractivity contribution in [2.75, 3.05) is 17.8 Å². The molecular weight excluding hydrogens is 392 g/mol. The van der Waals surface area contributed by atoms with Crippen molar-refractivity contribution in [2.45, 2.75) is 23.0 Å². The van der Waals surface area contributed by atoms with Gasteiger partial charge in [-0.1, -0.05) is 31.5 Å². The van der Waals surface area contributed by atoms with Crippen molar-refractivity contribution in [2.24, 2.45) is 0 Å². The average molecular weight is 409 g/mol. The highest BCUT2D eigenvalue weighted by Gasteiger charge is 2.24. The third-order valence-electron chi connectivity index (χ3n) is 3.29. The summed E-state index contributed by atoms with van der Waals surface area (Å²) in [5, 5.41) is 1.76. The van der Waals surface area contributed by atoms with Gasteiger partial charge in [0, 0.05) is 13.1 Å². The fourth-order valence-electron chi connectivity index (χ4n) is 2.07. The van der Waals surface area contributed by atoms with Crippen LogP contribution in [0.3, 0.4) is 0 Å². The molecule has 0 unspecified atom stereocenters. The number of halogens is 1. The molecule has 0 amide bonds. The molecule has 1 aromatic carbocycles. The number of sulfonamides is 2. The van der Waals surface area contributed by atoms with E-state index in [9.17, 15) is 16.8 Å². The fraction of sp³-hybridized carbons (Fsp3) is 0.286. The summed E-state index contributed by atoms with van der Waals surface area (Å²) in [5.74, 6) is 0. The molecule has 0 aliphatic heterocycles. The van der Waals surface area contributed by atoms with E-state index in [1.54, 1.807) is 25.3 Å². The molecule has 24 heavy (non-hydrogen) atoms. The SMILES string of the molecule is CCN(CC)S(=O)(=O)c1ccc(Cl)c(NS(=O)(=O)c2cccs2)c1. The van der Waals surface area contributed by atoms with Gasteiger partial charge in [-0.25, -0.2) is 16.8 Å². The van der Waals surface area contributed by atoms with Crippen LogP contribution in [-0.2, 0) is 20.0 Å². The second kappa shape index (κ2) is 7.40. The van der Waals surface area contributed by atoms with Crippen molar-refractivity contribution >= 4 is 48.7 Å². The zero-order valence-electron chi connectivity index (χ0n) is 13.1. The van der Waals surface area contributed by atoms with Crippen LogP contribution < -0.4 is 4.72 Å². The molecular formula is C14H17ClN2O4S3. The minimum Gasteiger partial charge on any atom is -0.277 e. The van der Waals surface area contributed by atoms with Gasteiger partial charge in [-0.05, 0) is 29.6 Å². The number of anilines is 1. The molecule has 0 aliphatic rings. The Hall–Kier alpha value is -1.13. The Kier molecular flexibility index (Phi) is 5.92. The van der Waals surface area contributed by atoms with Crippen molar-refractivity contribution in [1.82, 2.24) is 4.31 Å². The van der Waals surface area contributed by atoms with E-state index in [-0.39, 0.29) is 19.8 Å². The Balaban J connectivity index is 2.43. The molecule has 0 atom stereocenters. The Labute approximate surface area is 151 Å². The average Bonchev–Trinajstić information content (AvgIpc) is 3.05. The van der Waals surface area contributed by atoms with E-state index in [4.69, 9.17) is 11.6 Å². The van der Waals surface area contributed by atoms with Crippen LogP contribution in [0.1, 0.15) is 13.8 Å². The van der Waals surface area contributed by atoms with Gasteiger partial charge in [0.25, 0.3) is 10.0 Å². The van der Waals surface area contributed by atoms with Crippen molar-refractivity contribution in [3.63, 3.8) is 0 Å². The molecule has 0 aliphatic carbocycles. The van der Waals surface area contributed by atoms with Crippen molar-refractivity contribution in [3.8, 4) is 0 Å².